The van der Waals surface area contributed by atoms with E-state index < -0.39 is 0 Å². The van der Waals surface area contributed by atoms with Gasteiger partial charge in [-0.15, -0.1) is 6.42 Å². The molecule has 0 saturated carbocycles. The van der Waals surface area contributed by atoms with E-state index in [9.17, 15) is 0 Å². The standard InChI is InChI=1S/C15H14N4S/c1-2-10-4-3-5-13(6-10)18-15(20)19-14-8-11(16)7-12(17)9-14/h1,3-9H,16-17H2,(H2,18,19,20). The van der Waals surface area contributed by atoms with Gasteiger partial charge in [-0.1, -0.05) is 12.0 Å². The number of rotatable bonds is 2. The molecule has 0 aliphatic heterocycles. The SMILES string of the molecule is C#Cc1cccc(NC(=S)Nc2cc(N)cc(N)c2)c1. The Morgan fingerprint density at radius 2 is 1.65 bits per heavy atom. The second-order valence-electron chi connectivity index (χ2n) is 4.19. The average Bonchev–Trinajstić information content (AvgIpc) is 2.37. The number of terminal acetylenes is 1. The Hall–Kier alpha value is -2.71. The fraction of sp³-hybridized carbons (Fsp3) is 0. The van der Waals surface area contributed by atoms with Crippen LogP contribution in [0.3, 0.4) is 0 Å². The summed E-state index contributed by atoms with van der Waals surface area (Å²) in [6.45, 7) is 0. The van der Waals surface area contributed by atoms with Crippen molar-refractivity contribution in [2.45, 2.75) is 0 Å². The first-order chi connectivity index (χ1) is 9.56. The topological polar surface area (TPSA) is 76.1 Å². The Kier molecular flexibility index (Phi) is 4.08. The lowest BCUT2D eigenvalue weighted by molar-refractivity contribution is 1.57. The molecule has 0 aliphatic carbocycles. The molecule has 100 valence electrons. The number of nitrogen functional groups attached to an aromatic ring is 2. The van der Waals surface area contributed by atoms with Gasteiger partial charge in [-0.2, -0.15) is 0 Å². The molecular formula is C15H14N4S. The molecule has 2 rings (SSSR count). The summed E-state index contributed by atoms with van der Waals surface area (Å²) in [5.41, 5.74) is 14.9. The van der Waals surface area contributed by atoms with E-state index >= 15 is 0 Å². The number of nitrogens with one attached hydrogen (secondary N) is 2. The van der Waals surface area contributed by atoms with E-state index in [4.69, 9.17) is 30.1 Å². The van der Waals surface area contributed by atoms with Crippen molar-refractivity contribution in [3.05, 3.63) is 48.0 Å². The minimum atomic E-state index is 0.434. The molecule has 0 atom stereocenters. The van der Waals surface area contributed by atoms with Crippen molar-refractivity contribution in [3.63, 3.8) is 0 Å². The fourth-order valence-electron chi connectivity index (χ4n) is 1.73. The molecule has 2 aromatic rings. The maximum atomic E-state index is 5.72. The summed E-state index contributed by atoms with van der Waals surface area (Å²) in [7, 11) is 0. The van der Waals surface area contributed by atoms with E-state index in [0.29, 0.717) is 16.5 Å². The summed E-state index contributed by atoms with van der Waals surface area (Å²) in [4.78, 5) is 0. The van der Waals surface area contributed by atoms with E-state index in [-0.39, 0.29) is 0 Å². The monoisotopic (exact) mass is 282 g/mol. The van der Waals surface area contributed by atoms with Crippen LogP contribution >= 0.6 is 12.2 Å². The molecule has 0 amide bonds. The van der Waals surface area contributed by atoms with Crippen LogP contribution in [0.2, 0.25) is 0 Å². The molecule has 0 heterocycles. The maximum absolute atomic E-state index is 5.72. The lowest BCUT2D eigenvalue weighted by Crippen LogP contribution is -2.19. The smallest absolute Gasteiger partial charge is 0.175 e. The minimum absolute atomic E-state index is 0.434. The third-order valence-corrected chi connectivity index (χ3v) is 2.73. The summed E-state index contributed by atoms with van der Waals surface area (Å²) in [6, 6.07) is 12.6. The second-order valence-corrected chi connectivity index (χ2v) is 4.60. The Morgan fingerprint density at radius 3 is 2.30 bits per heavy atom. The molecule has 0 fully saturated rings. The summed E-state index contributed by atoms with van der Waals surface area (Å²) >= 11 is 5.23. The highest BCUT2D eigenvalue weighted by atomic mass is 32.1. The van der Waals surface area contributed by atoms with E-state index in [2.05, 4.69) is 16.6 Å². The molecule has 5 heteroatoms. The average molecular weight is 282 g/mol. The first-order valence-corrected chi connectivity index (χ1v) is 6.28. The number of hydrogen-bond donors (Lipinski definition) is 4. The van der Waals surface area contributed by atoms with E-state index in [0.717, 1.165) is 16.9 Å². The zero-order valence-electron chi connectivity index (χ0n) is 10.7. The van der Waals surface area contributed by atoms with Crippen molar-refractivity contribution < 1.29 is 0 Å². The summed E-state index contributed by atoms with van der Waals surface area (Å²) in [5.74, 6) is 2.57. The first-order valence-electron chi connectivity index (χ1n) is 5.87. The lowest BCUT2D eigenvalue weighted by atomic mass is 10.2. The molecule has 0 spiro atoms. The van der Waals surface area contributed by atoms with Gasteiger partial charge in [0, 0.05) is 28.3 Å². The fourth-order valence-corrected chi connectivity index (χ4v) is 1.96. The van der Waals surface area contributed by atoms with Gasteiger partial charge in [0.15, 0.2) is 5.11 Å². The number of benzene rings is 2. The van der Waals surface area contributed by atoms with E-state index in [1.165, 1.54) is 0 Å². The van der Waals surface area contributed by atoms with Crippen LogP contribution in [-0.4, -0.2) is 5.11 Å². The van der Waals surface area contributed by atoms with Crippen LogP contribution in [-0.2, 0) is 0 Å². The third kappa shape index (κ3) is 3.64. The molecule has 0 saturated heterocycles. The molecule has 4 nitrogen and oxygen atoms in total. The van der Waals surface area contributed by atoms with Crippen molar-refractivity contribution in [3.8, 4) is 12.3 Å². The van der Waals surface area contributed by atoms with Crippen molar-refractivity contribution in [2.24, 2.45) is 0 Å². The Bertz CT molecular complexity index is 668. The van der Waals surface area contributed by atoms with Crippen LogP contribution in [0.5, 0.6) is 0 Å². The maximum Gasteiger partial charge on any atom is 0.175 e. The Balaban J connectivity index is 2.07. The number of hydrogen-bond acceptors (Lipinski definition) is 3. The molecule has 6 N–H and O–H groups in total. The molecule has 0 bridgehead atoms. The second kappa shape index (κ2) is 5.95. The van der Waals surface area contributed by atoms with E-state index in [1.54, 1.807) is 18.2 Å². The zero-order chi connectivity index (χ0) is 14.5. The van der Waals surface area contributed by atoms with Gasteiger partial charge in [-0.3, -0.25) is 0 Å². The van der Waals surface area contributed by atoms with Gasteiger partial charge in [0.05, 0.1) is 0 Å². The summed E-state index contributed by atoms with van der Waals surface area (Å²) in [5, 5.41) is 6.50. The van der Waals surface area contributed by atoms with Crippen LogP contribution in [0, 0.1) is 12.3 Å². The largest absolute Gasteiger partial charge is 0.399 e. The molecule has 0 aliphatic rings. The Labute approximate surface area is 123 Å². The summed E-state index contributed by atoms with van der Waals surface area (Å²) in [6.07, 6.45) is 5.35. The van der Waals surface area contributed by atoms with Gasteiger partial charge in [0.25, 0.3) is 0 Å². The van der Waals surface area contributed by atoms with Gasteiger partial charge in [-0.25, -0.2) is 0 Å². The normalized spacial score (nSPS) is 9.55. The first kappa shape index (κ1) is 13.7. The van der Waals surface area contributed by atoms with Crippen molar-refractivity contribution in [2.75, 3.05) is 22.1 Å². The minimum Gasteiger partial charge on any atom is -0.399 e. The lowest BCUT2D eigenvalue weighted by Gasteiger charge is -2.12. The van der Waals surface area contributed by atoms with Gasteiger partial charge in [0.1, 0.15) is 0 Å². The number of thiocarbonyl (C=S) groups is 1. The van der Waals surface area contributed by atoms with Gasteiger partial charge >= 0.3 is 0 Å². The molecule has 0 aromatic heterocycles. The molecule has 0 radical (unpaired) electrons. The van der Waals surface area contributed by atoms with E-state index in [1.807, 2.05) is 24.3 Å². The highest BCUT2D eigenvalue weighted by Gasteiger charge is 2.01. The van der Waals surface area contributed by atoms with Gasteiger partial charge in [-0.05, 0) is 48.6 Å². The molecule has 0 unspecified atom stereocenters. The number of nitrogens with two attached hydrogens (primary N) is 2. The molecule has 20 heavy (non-hydrogen) atoms. The summed E-state index contributed by atoms with van der Waals surface area (Å²) < 4.78 is 0. The van der Waals surface area contributed by atoms with Crippen LogP contribution in [0.15, 0.2) is 42.5 Å². The van der Waals surface area contributed by atoms with Gasteiger partial charge < -0.3 is 22.1 Å². The number of anilines is 4. The van der Waals surface area contributed by atoms with Crippen LogP contribution < -0.4 is 22.1 Å². The quantitative estimate of drug-likeness (QED) is 0.387. The van der Waals surface area contributed by atoms with Crippen LogP contribution in [0.1, 0.15) is 5.56 Å². The van der Waals surface area contributed by atoms with Gasteiger partial charge in [0.2, 0.25) is 0 Å². The molecular weight excluding hydrogens is 268 g/mol. The Morgan fingerprint density at radius 1 is 1.00 bits per heavy atom. The van der Waals surface area contributed by atoms with Crippen molar-refractivity contribution in [1.29, 1.82) is 0 Å². The zero-order valence-corrected chi connectivity index (χ0v) is 11.5. The van der Waals surface area contributed by atoms with Crippen molar-refractivity contribution in [1.82, 2.24) is 0 Å². The van der Waals surface area contributed by atoms with Crippen LogP contribution in [0.4, 0.5) is 22.7 Å². The highest BCUT2D eigenvalue weighted by Crippen LogP contribution is 2.18. The predicted molar refractivity (Wildman–Crippen MR) is 89.5 cm³/mol. The highest BCUT2D eigenvalue weighted by molar-refractivity contribution is 7.80. The molecule has 2 aromatic carbocycles. The van der Waals surface area contributed by atoms with Crippen LogP contribution in [0.25, 0.3) is 0 Å². The third-order valence-electron chi connectivity index (χ3n) is 2.52. The van der Waals surface area contributed by atoms with Crippen molar-refractivity contribution >= 4 is 40.1 Å². The predicted octanol–water partition coefficient (Wildman–Crippen LogP) is 2.64.